The van der Waals surface area contributed by atoms with Gasteiger partial charge in [-0.2, -0.15) is 0 Å². The minimum absolute atomic E-state index is 0.112. The van der Waals surface area contributed by atoms with Crippen LogP contribution in [0.3, 0.4) is 0 Å². The number of carbonyl (C=O) groups excluding carboxylic acids is 1. The average Bonchev–Trinajstić information content (AvgIpc) is 2.04. The van der Waals surface area contributed by atoms with Gasteiger partial charge in [-0.25, -0.2) is 4.79 Å². The van der Waals surface area contributed by atoms with Crippen LogP contribution >= 0.6 is 0 Å². The summed E-state index contributed by atoms with van der Waals surface area (Å²) in [6, 6.07) is -0.758. The smallest absolute Gasteiger partial charge is 0.330 e. The van der Waals surface area contributed by atoms with E-state index in [1.165, 1.54) is 7.11 Å². The lowest BCUT2D eigenvalue weighted by molar-refractivity contribution is -0.142. The lowest BCUT2D eigenvalue weighted by atomic mass is 10.2. The fourth-order valence-electron chi connectivity index (χ4n) is 0.680. The van der Waals surface area contributed by atoms with Crippen LogP contribution in [0.25, 0.3) is 0 Å². The van der Waals surface area contributed by atoms with E-state index in [2.05, 4.69) is 16.4 Å². The second-order valence-electron chi connectivity index (χ2n) is 2.15. The van der Waals surface area contributed by atoms with Crippen molar-refractivity contribution in [1.29, 1.82) is 0 Å². The topological polar surface area (TPSA) is 76.0 Å². The normalized spacial score (nSPS) is 11.8. The van der Waals surface area contributed by atoms with E-state index in [4.69, 9.17) is 5.11 Å². The zero-order chi connectivity index (χ0) is 9.56. The van der Waals surface area contributed by atoms with E-state index in [1.54, 1.807) is 0 Å². The van der Waals surface area contributed by atoms with E-state index in [0.717, 1.165) is 0 Å². The Bertz CT molecular complexity index is 190. The van der Waals surface area contributed by atoms with Crippen molar-refractivity contribution >= 4 is 18.7 Å². The molecule has 0 radical (unpaired) electrons. The number of methoxy groups -OCH3 is 1. The third-order valence-corrected chi connectivity index (χ3v) is 1.33. The highest BCUT2D eigenvalue weighted by Crippen LogP contribution is 2.03. The summed E-state index contributed by atoms with van der Waals surface area (Å²) in [5, 5.41) is 8.30. The van der Waals surface area contributed by atoms with E-state index in [1.807, 2.05) is 0 Å². The molecule has 1 atom stereocenters. The van der Waals surface area contributed by atoms with Crippen molar-refractivity contribution in [3.63, 3.8) is 0 Å². The molecule has 0 rings (SSSR count). The molecule has 0 aromatic rings. The maximum absolute atomic E-state index is 10.8. The summed E-state index contributed by atoms with van der Waals surface area (Å²) >= 11 is 0. The van der Waals surface area contributed by atoms with Crippen LogP contribution in [0.2, 0.25) is 0 Å². The predicted octanol–water partition coefficient (Wildman–Crippen LogP) is 0.0934. The van der Waals surface area contributed by atoms with Gasteiger partial charge in [-0.1, -0.05) is 0 Å². The summed E-state index contributed by atoms with van der Waals surface area (Å²) in [7, 11) is 1.22. The molecule has 1 unspecified atom stereocenters. The minimum Gasteiger partial charge on any atom is -0.481 e. The van der Waals surface area contributed by atoms with Crippen molar-refractivity contribution in [2.24, 2.45) is 4.99 Å². The molecule has 0 heterocycles. The molecule has 12 heavy (non-hydrogen) atoms. The number of nitrogens with zero attached hydrogens (tertiary/aromatic N) is 1. The molecule has 0 aliphatic carbocycles. The second kappa shape index (κ2) is 5.29. The van der Waals surface area contributed by atoms with Gasteiger partial charge in [-0.15, -0.1) is 0 Å². The van der Waals surface area contributed by atoms with Gasteiger partial charge in [0.25, 0.3) is 0 Å². The van der Waals surface area contributed by atoms with Gasteiger partial charge in [-0.05, 0) is 13.1 Å². The molecule has 0 saturated heterocycles. The first-order valence-electron chi connectivity index (χ1n) is 3.37. The molecule has 0 spiro atoms. The van der Waals surface area contributed by atoms with Crippen LogP contribution in [0, 0.1) is 0 Å². The standard InChI is InChI=1S/C7H11NO4/c1-8-5(7(11)12-2)3-4-6(9)10/h5H,1,3-4H2,2H3,(H,9,10). The van der Waals surface area contributed by atoms with Crippen LogP contribution in [-0.4, -0.2) is 36.9 Å². The highest BCUT2D eigenvalue weighted by molar-refractivity contribution is 5.77. The van der Waals surface area contributed by atoms with Gasteiger partial charge >= 0.3 is 11.9 Å². The van der Waals surface area contributed by atoms with Gasteiger partial charge in [0, 0.05) is 6.42 Å². The number of ether oxygens (including phenoxy) is 1. The zero-order valence-corrected chi connectivity index (χ0v) is 6.82. The summed E-state index contributed by atoms with van der Waals surface area (Å²) < 4.78 is 4.37. The molecular formula is C7H11NO4. The highest BCUT2D eigenvalue weighted by Gasteiger charge is 2.17. The Morgan fingerprint density at radius 2 is 2.25 bits per heavy atom. The first-order valence-corrected chi connectivity index (χ1v) is 3.37. The molecule has 0 aliphatic rings. The van der Waals surface area contributed by atoms with Gasteiger partial charge in [0.15, 0.2) is 0 Å². The average molecular weight is 173 g/mol. The molecule has 0 aromatic carbocycles. The van der Waals surface area contributed by atoms with Gasteiger partial charge in [0.2, 0.25) is 0 Å². The molecule has 68 valence electrons. The number of esters is 1. The Balaban J connectivity index is 3.91. The van der Waals surface area contributed by atoms with Gasteiger partial charge in [0.1, 0.15) is 6.04 Å². The Morgan fingerprint density at radius 1 is 1.67 bits per heavy atom. The summed E-state index contributed by atoms with van der Waals surface area (Å²) in [6.07, 6.45) is 0.0181. The van der Waals surface area contributed by atoms with Crippen LogP contribution in [0.4, 0.5) is 0 Å². The fourth-order valence-corrected chi connectivity index (χ4v) is 0.680. The van der Waals surface area contributed by atoms with Crippen LogP contribution in [0.5, 0.6) is 0 Å². The van der Waals surface area contributed by atoms with Crippen LogP contribution < -0.4 is 0 Å². The summed E-state index contributed by atoms with van der Waals surface area (Å²) in [4.78, 5) is 24.4. The molecule has 0 aromatic heterocycles. The molecular weight excluding hydrogens is 162 g/mol. The first kappa shape index (κ1) is 10.6. The number of rotatable bonds is 5. The van der Waals surface area contributed by atoms with Gasteiger partial charge in [-0.3, -0.25) is 9.79 Å². The Hall–Kier alpha value is -1.39. The van der Waals surface area contributed by atoms with E-state index in [9.17, 15) is 9.59 Å². The summed E-state index contributed by atoms with van der Waals surface area (Å²) in [5.41, 5.74) is 0. The van der Waals surface area contributed by atoms with E-state index in [0.29, 0.717) is 0 Å². The van der Waals surface area contributed by atoms with Gasteiger partial charge < -0.3 is 9.84 Å². The Morgan fingerprint density at radius 3 is 2.58 bits per heavy atom. The summed E-state index contributed by atoms with van der Waals surface area (Å²) in [5.74, 6) is -1.51. The number of carbonyl (C=O) groups is 2. The number of hydrogen-bond acceptors (Lipinski definition) is 4. The van der Waals surface area contributed by atoms with Crippen molar-refractivity contribution in [3.05, 3.63) is 0 Å². The zero-order valence-electron chi connectivity index (χ0n) is 6.82. The van der Waals surface area contributed by atoms with Crippen molar-refractivity contribution in [2.45, 2.75) is 18.9 Å². The Labute approximate surface area is 70.1 Å². The molecule has 0 amide bonds. The molecule has 0 fully saturated rings. The molecule has 1 N–H and O–H groups in total. The van der Waals surface area contributed by atoms with E-state index < -0.39 is 18.0 Å². The number of aliphatic imine (C=N–C) groups is 1. The van der Waals surface area contributed by atoms with Crippen molar-refractivity contribution < 1.29 is 19.4 Å². The monoisotopic (exact) mass is 173 g/mol. The molecule has 0 saturated carbocycles. The maximum atomic E-state index is 10.8. The molecule has 5 nitrogen and oxygen atoms in total. The molecule has 0 bridgehead atoms. The molecule has 5 heteroatoms. The Kier molecular flexibility index (Phi) is 4.67. The highest BCUT2D eigenvalue weighted by atomic mass is 16.5. The summed E-state index contributed by atoms with van der Waals surface area (Å²) in [6.45, 7) is 3.16. The number of carboxylic acids is 1. The third-order valence-electron chi connectivity index (χ3n) is 1.33. The fraction of sp³-hybridized carbons (Fsp3) is 0.571. The van der Waals surface area contributed by atoms with Crippen LogP contribution in [-0.2, 0) is 14.3 Å². The van der Waals surface area contributed by atoms with E-state index in [-0.39, 0.29) is 12.8 Å². The van der Waals surface area contributed by atoms with Crippen molar-refractivity contribution in [1.82, 2.24) is 0 Å². The first-order chi connectivity index (χ1) is 5.61. The SMILES string of the molecule is C=NC(CCC(=O)O)C(=O)OC. The van der Waals surface area contributed by atoms with Crippen LogP contribution in [0.1, 0.15) is 12.8 Å². The van der Waals surface area contributed by atoms with Crippen molar-refractivity contribution in [2.75, 3.05) is 7.11 Å². The minimum atomic E-state index is -0.965. The maximum Gasteiger partial charge on any atom is 0.330 e. The van der Waals surface area contributed by atoms with Crippen LogP contribution in [0.15, 0.2) is 4.99 Å². The van der Waals surface area contributed by atoms with Crippen molar-refractivity contribution in [3.8, 4) is 0 Å². The number of aliphatic carboxylic acids is 1. The third kappa shape index (κ3) is 3.70. The predicted molar refractivity (Wildman–Crippen MR) is 42.2 cm³/mol. The lowest BCUT2D eigenvalue weighted by Crippen LogP contribution is -2.20. The second-order valence-corrected chi connectivity index (χ2v) is 2.15. The number of hydrogen-bond donors (Lipinski definition) is 1. The lowest BCUT2D eigenvalue weighted by Gasteiger charge is -2.06. The van der Waals surface area contributed by atoms with Gasteiger partial charge in [0.05, 0.1) is 7.11 Å². The largest absolute Gasteiger partial charge is 0.481 e. The quantitative estimate of drug-likeness (QED) is 0.472. The molecule has 0 aliphatic heterocycles. The van der Waals surface area contributed by atoms with E-state index >= 15 is 0 Å². The number of carboxylic acid groups (broad SMARTS) is 1.